The lowest BCUT2D eigenvalue weighted by Crippen LogP contribution is -2.46. The number of hydrogen-bond acceptors (Lipinski definition) is 4. The van der Waals surface area contributed by atoms with Gasteiger partial charge in [0.2, 0.25) is 0 Å². The van der Waals surface area contributed by atoms with E-state index in [1.54, 1.807) is 4.90 Å². The molecule has 0 aromatic carbocycles. The Labute approximate surface area is 140 Å². The van der Waals surface area contributed by atoms with Gasteiger partial charge in [-0.25, -0.2) is 4.79 Å². The van der Waals surface area contributed by atoms with E-state index >= 15 is 0 Å². The van der Waals surface area contributed by atoms with Crippen LogP contribution in [0.15, 0.2) is 0 Å². The minimum atomic E-state index is -0.481. The van der Waals surface area contributed by atoms with Crippen LogP contribution >= 0.6 is 0 Å². The van der Waals surface area contributed by atoms with Gasteiger partial charge in [-0.15, -0.1) is 0 Å². The van der Waals surface area contributed by atoms with Gasteiger partial charge >= 0.3 is 12.1 Å². The summed E-state index contributed by atoms with van der Waals surface area (Å²) < 4.78 is 11.2. The number of piperidine rings is 1. The maximum atomic E-state index is 12.2. The van der Waals surface area contributed by atoms with Crippen LogP contribution in [0.5, 0.6) is 0 Å². The van der Waals surface area contributed by atoms with Crippen molar-refractivity contribution in [3.05, 3.63) is 0 Å². The Hall–Kier alpha value is -1.26. The quantitative estimate of drug-likeness (QED) is 0.716. The van der Waals surface area contributed by atoms with Gasteiger partial charge in [-0.05, 0) is 40.0 Å². The fraction of sp³-hybridized carbons (Fsp3) is 0.889. The molecule has 0 aliphatic carbocycles. The predicted octanol–water partition coefficient (Wildman–Crippen LogP) is 4.00. The third-order valence-electron chi connectivity index (χ3n) is 5.15. The molecule has 5 nitrogen and oxygen atoms in total. The number of carbonyl (C=O) groups is 2. The number of hydrogen-bond donors (Lipinski definition) is 0. The van der Waals surface area contributed by atoms with Gasteiger partial charge in [0.1, 0.15) is 11.7 Å². The number of esters is 1. The van der Waals surface area contributed by atoms with Crippen molar-refractivity contribution in [2.75, 3.05) is 13.1 Å². The first-order chi connectivity index (χ1) is 10.5. The summed E-state index contributed by atoms with van der Waals surface area (Å²) in [4.78, 5) is 26.1. The highest BCUT2D eigenvalue weighted by Crippen LogP contribution is 2.26. The number of likely N-dealkylation sites (tertiary alicyclic amines) is 1. The van der Waals surface area contributed by atoms with Crippen molar-refractivity contribution in [1.82, 2.24) is 4.90 Å². The third-order valence-corrected chi connectivity index (χ3v) is 5.15. The molecule has 0 aromatic heterocycles. The smallest absolute Gasteiger partial charge is 0.410 e. The molecule has 134 valence electrons. The number of ether oxygens (including phenoxy) is 2. The summed E-state index contributed by atoms with van der Waals surface area (Å²) in [5.41, 5.74) is -0.928. The van der Waals surface area contributed by atoms with Crippen LogP contribution in [0.25, 0.3) is 0 Å². The number of amides is 1. The van der Waals surface area contributed by atoms with Crippen LogP contribution in [0.4, 0.5) is 4.79 Å². The average molecular weight is 327 g/mol. The molecule has 0 saturated carbocycles. The normalized spacial score (nSPS) is 17.3. The highest BCUT2D eigenvalue weighted by molar-refractivity contribution is 5.76. The summed E-state index contributed by atoms with van der Waals surface area (Å²) in [5.74, 6) is 0.100. The molecule has 23 heavy (non-hydrogen) atoms. The topological polar surface area (TPSA) is 55.8 Å². The van der Waals surface area contributed by atoms with Crippen molar-refractivity contribution in [2.45, 2.75) is 79.4 Å². The number of rotatable bonds is 5. The summed E-state index contributed by atoms with van der Waals surface area (Å²) >= 11 is 0. The molecule has 5 heteroatoms. The van der Waals surface area contributed by atoms with Crippen molar-refractivity contribution in [3.63, 3.8) is 0 Å². The fourth-order valence-corrected chi connectivity index (χ4v) is 2.02. The first kappa shape index (κ1) is 19.8. The van der Waals surface area contributed by atoms with Crippen LogP contribution in [0.2, 0.25) is 0 Å². The van der Waals surface area contributed by atoms with E-state index < -0.39 is 11.0 Å². The molecule has 1 rings (SSSR count). The van der Waals surface area contributed by atoms with Gasteiger partial charge in [0.15, 0.2) is 0 Å². The Kier molecular flexibility index (Phi) is 6.49. The zero-order chi connectivity index (χ0) is 17.8. The van der Waals surface area contributed by atoms with Crippen LogP contribution in [0, 0.1) is 11.3 Å². The standard InChI is InChI=1S/C18H33NO4/c1-8-17(4,5)15(20)22-14-9-11-19(12-10-14)16(21)23-18(6,7)13(2)3/h13-14H,8-12H2,1-7H3. The minimum absolute atomic E-state index is 0.101. The van der Waals surface area contributed by atoms with E-state index in [2.05, 4.69) is 0 Å². The number of carbonyl (C=O) groups excluding carboxylic acids is 2. The van der Waals surface area contributed by atoms with Gasteiger partial charge in [0, 0.05) is 25.9 Å². The Balaban J connectivity index is 2.47. The van der Waals surface area contributed by atoms with Crippen LogP contribution in [-0.2, 0) is 14.3 Å². The molecule has 1 saturated heterocycles. The van der Waals surface area contributed by atoms with Crippen molar-refractivity contribution < 1.29 is 19.1 Å². The van der Waals surface area contributed by atoms with Crippen LogP contribution in [0.1, 0.15) is 67.7 Å². The maximum Gasteiger partial charge on any atom is 0.410 e. The van der Waals surface area contributed by atoms with Crippen LogP contribution in [0.3, 0.4) is 0 Å². The molecule has 1 aliphatic heterocycles. The maximum absolute atomic E-state index is 12.2. The zero-order valence-electron chi connectivity index (χ0n) is 15.8. The minimum Gasteiger partial charge on any atom is -0.462 e. The lowest BCUT2D eigenvalue weighted by molar-refractivity contribution is -0.161. The fourth-order valence-electron chi connectivity index (χ4n) is 2.02. The molecule has 1 fully saturated rings. The lowest BCUT2D eigenvalue weighted by atomic mass is 9.90. The summed E-state index contributed by atoms with van der Waals surface area (Å²) in [5, 5.41) is 0. The Morgan fingerprint density at radius 1 is 1.13 bits per heavy atom. The molecule has 1 heterocycles. The van der Waals surface area contributed by atoms with Gasteiger partial charge in [0.25, 0.3) is 0 Å². The molecular weight excluding hydrogens is 294 g/mol. The summed E-state index contributed by atoms with van der Waals surface area (Å²) in [7, 11) is 0. The molecule has 0 bridgehead atoms. The van der Waals surface area contributed by atoms with Gasteiger partial charge < -0.3 is 14.4 Å². The van der Waals surface area contributed by atoms with E-state index in [-0.39, 0.29) is 24.1 Å². The van der Waals surface area contributed by atoms with Crippen molar-refractivity contribution >= 4 is 12.1 Å². The van der Waals surface area contributed by atoms with E-state index in [1.807, 2.05) is 48.5 Å². The largest absolute Gasteiger partial charge is 0.462 e. The highest BCUT2D eigenvalue weighted by atomic mass is 16.6. The van der Waals surface area contributed by atoms with Gasteiger partial charge in [-0.3, -0.25) is 4.79 Å². The molecule has 1 aliphatic rings. The van der Waals surface area contributed by atoms with Gasteiger partial charge in [-0.1, -0.05) is 20.8 Å². The zero-order valence-corrected chi connectivity index (χ0v) is 15.8. The molecule has 0 N–H and O–H groups in total. The van der Waals surface area contributed by atoms with E-state index in [1.165, 1.54) is 0 Å². The van der Waals surface area contributed by atoms with E-state index in [9.17, 15) is 9.59 Å². The summed E-state index contributed by atoms with van der Waals surface area (Å²) in [6.45, 7) is 14.8. The van der Waals surface area contributed by atoms with Crippen molar-refractivity contribution in [3.8, 4) is 0 Å². The predicted molar refractivity (Wildman–Crippen MR) is 90.2 cm³/mol. The molecule has 0 unspecified atom stereocenters. The SMILES string of the molecule is CCC(C)(C)C(=O)OC1CCN(C(=O)OC(C)(C)C(C)C)CC1. The lowest BCUT2D eigenvalue weighted by Gasteiger charge is -2.36. The van der Waals surface area contributed by atoms with E-state index in [4.69, 9.17) is 9.47 Å². The first-order valence-electron chi connectivity index (χ1n) is 8.68. The second-order valence-electron chi connectivity index (χ2n) is 7.96. The second kappa shape index (κ2) is 7.54. The molecule has 0 atom stereocenters. The van der Waals surface area contributed by atoms with E-state index in [0.29, 0.717) is 25.9 Å². The monoisotopic (exact) mass is 327 g/mol. The number of nitrogens with zero attached hydrogens (tertiary/aromatic N) is 1. The van der Waals surface area contributed by atoms with Crippen LogP contribution in [-0.4, -0.2) is 41.8 Å². The van der Waals surface area contributed by atoms with Gasteiger partial charge in [0.05, 0.1) is 5.41 Å². The molecule has 0 aromatic rings. The third kappa shape index (κ3) is 5.40. The highest BCUT2D eigenvalue weighted by Gasteiger charge is 2.34. The van der Waals surface area contributed by atoms with E-state index in [0.717, 1.165) is 6.42 Å². The van der Waals surface area contributed by atoms with Crippen LogP contribution < -0.4 is 0 Å². The van der Waals surface area contributed by atoms with Crippen molar-refractivity contribution in [2.24, 2.45) is 11.3 Å². The Bertz CT molecular complexity index is 421. The second-order valence-corrected chi connectivity index (χ2v) is 7.96. The van der Waals surface area contributed by atoms with Crippen molar-refractivity contribution in [1.29, 1.82) is 0 Å². The Morgan fingerprint density at radius 2 is 1.65 bits per heavy atom. The molecule has 0 radical (unpaired) electrons. The molecule has 1 amide bonds. The first-order valence-corrected chi connectivity index (χ1v) is 8.68. The molecule has 0 spiro atoms. The van der Waals surface area contributed by atoms with Gasteiger partial charge in [-0.2, -0.15) is 0 Å². The average Bonchev–Trinajstić information content (AvgIpc) is 2.47. The summed E-state index contributed by atoms with van der Waals surface area (Å²) in [6.07, 6.45) is 1.71. The molecular formula is C18H33NO4. The Morgan fingerprint density at radius 3 is 2.09 bits per heavy atom. The summed E-state index contributed by atoms with van der Waals surface area (Å²) in [6, 6.07) is 0.